The molecule has 0 unspecified atom stereocenters. The average molecular weight is 492 g/mol. The number of aromatic nitrogens is 5. The minimum Gasteiger partial charge on any atom is -0.464 e. The number of halogens is 1. The molecule has 0 aliphatic rings. The average Bonchev–Trinajstić information content (AvgIpc) is 3.39. The van der Waals surface area contributed by atoms with Crippen LogP contribution in [0.4, 0.5) is 4.79 Å². The Labute approximate surface area is 201 Å². The van der Waals surface area contributed by atoms with E-state index < -0.39 is 23.1 Å². The van der Waals surface area contributed by atoms with E-state index in [4.69, 9.17) is 11.6 Å². The van der Waals surface area contributed by atoms with Crippen LogP contribution < -0.4 is 11.2 Å². The van der Waals surface area contributed by atoms with Gasteiger partial charge in [-0.25, -0.2) is 19.1 Å². The smallest absolute Gasteiger partial charge is 0.416 e. The molecule has 176 valence electrons. The lowest BCUT2D eigenvalue weighted by atomic mass is 10.1. The summed E-state index contributed by atoms with van der Waals surface area (Å²) >= 11 is 6.24. The van der Waals surface area contributed by atoms with Gasteiger partial charge in [0.15, 0.2) is 17.0 Å². The molecule has 0 saturated carbocycles. The number of carbonyl (C=O) groups is 2. The molecule has 0 amide bonds. The van der Waals surface area contributed by atoms with Crippen molar-refractivity contribution in [2.24, 2.45) is 14.1 Å². The van der Waals surface area contributed by atoms with Crippen LogP contribution in [-0.4, -0.2) is 40.2 Å². The molecular weight excluding hydrogens is 474 g/mol. The van der Waals surface area contributed by atoms with E-state index in [0.29, 0.717) is 21.5 Å². The van der Waals surface area contributed by atoms with E-state index in [0.717, 1.165) is 9.13 Å². The highest BCUT2D eigenvalue weighted by Gasteiger charge is 2.24. The first-order chi connectivity index (χ1) is 16.7. The molecular formula is C24H18ClN5O5. The molecule has 0 aliphatic heterocycles. The van der Waals surface area contributed by atoms with Gasteiger partial charge in [-0.2, -0.15) is 0 Å². The zero-order valence-electron chi connectivity index (χ0n) is 18.6. The van der Waals surface area contributed by atoms with E-state index in [9.17, 15) is 24.3 Å². The number of carbonyl (C=O) groups excluding carboxylic acids is 1. The maximum absolute atomic E-state index is 13.5. The summed E-state index contributed by atoms with van der Waals surface area (Å²) in [6, 6.07) is 14.8. The molecule has 5 aromatic rings. The van der Waals surface area contributed by atoms with Crippen molar-refractivity contribution in [3.63, 3.8) is 0 Å². The normalized spacial score (nSPS) is 11.4. The Hall–Kier alpha value is -4.44. The maximum atomic E-state index is 13.5. The number of aryl methyl sites for hydroxylation is 2. The molecule has 35 heavy (non-hydrogen) atoms. The highest BCUT2D eigenvalue weighted by molar-refractivity contribution is 6.35. The van der Waals surface area contributed by atoms with Crippen LogP contribution in [0.3, 0.4) is 0 Å². The summed E-state index contributed by atoms with van der Waals surface area (Å²) in [6.45, 7) is -0.327. The van der Waals surface area contributed by atoms with Gasteiger partial charge in [-0.15, -0.1) is 0 Å². The van der Waals surface area contributed by atoms with Crippen LogP contribution in [-0.2, 0) is 20.6 Å². The molecule has 0 aliphatic carbocycles. The van der Waals surface area contributed by atoms with Gasteiger partial charge in [0.1, 0.15) is 0 Å². The summed E-state index contributed by atoms with van der Waals surface area (Å²) in [5.74, 6) is -0.397. The number of benzene rings is 2. The third-order valence-electron chi connectivity index (χ3n) is 5.98. The van der Waals surface area contributed by atoms with Crippen molar-refractivity contribution in [2.45, 2.75) is 6.54 Å². The topological polar surface area (TPSA) is 121 Å². The number of carboxylic acid groups (broad SMARTS) is 1. The van der Waals surface area contributed by atoms with Crippen molar-refractivity contribution in [1.29, 1.82) is 0 Å². The lowest BCUT2D eigenvalue weighted by Gasteiger charge is -2.10. The van der Waals surface area contributed by atoms with Gasteiger partial charge in [-0.1, -0.05) is 48.0 Å². The summed E-state index contributed by atoms with van der Waals surface area (Å²) in [7, 11) is 2.96. The monoisotopic (exact) mass is 491 g/mol. The zero-order valence-corrected chi connectivity index (χ0v) is 19.4. The van der Waals surface area contributed by atoms with Crippen molar-refractivity contribution in [2.75, 3.05) is 0 Å². The van der Waals surface area contributed by atoms with Gasteiger partial charge in [0.05, 0.1) is 17.8 Å². The number of rotatable bonds is 4. The maximum Gasteiger partial charge on any atom is 0.416 e. The van der Waals surface area contributed by atoms with Crippen molar-refractivity contribution < 1.29 is 14.7 Å². The van der Waals surface area contributed by atoms with Crippen LogP contribution in [0.5, 0.6) is 0 Å². The van der Waals surface area contributed by atoms with E-state index in [2.05, 4.69) is 4.98 Å². The Kier molecular flexibility index (Phi) is 5.17. The summed E-state index contributed by atoms with van der Waals surface area (Å²) in [5.41, 5.74) is -0.392. The van der Waals surface area contributed by atoms with E-state index >= 15 is 0 Å². The molecule has 1 N–H and O–H groups in total. The Balaban J connectivity index is 1.72. The molecule has 0 spiro atoms. The summed E-state index contributed by atoms with van der Waals surface area (Å²) in [5, 5.41) is 10.6. The summed E-state index contributed by atoms with van der Waals surface area (Å²) in [4.78, 5) is 55.9. The van der Waals surface area contributed by atoms with E-state index in [1.807, 2.05) is 0 Å². The second-order valence-corrected chi connectivity index (χ2v) is 8.43. The fourth-order valence-electron chi connectivity index (χ4n) is 4.26. The molecule has 11 heteroatoms. The van der Waals surface area contributed by atoms with E-state index in [1.54, 1.807) is 48.5 Å². The quantitative estimate of drug-likeness (QED) is 0.386. The first kappa shape index (κ1) is 22.4. The number of fused-ring (bicyclic) bond motifs is 2. The van der Waals surface area contributed by atoms with Crippen molar-refractivity contribution in [3.05, 3.63) is 97.5 Å². The first-order valence-electron chi connectivity index (χ1n) is 10.5. The second kappa shape index (κ2) is 8.10. The Morgan fingerprint density at radius 3 is 2.40 bits per heavy atom. The SMILES string of the molecule is Cn1c(C(=O)c2ccccc2)nc2c1c(=O)n(Cc1cc3c(Cl)cccc3n1C(=O)O)c(=O)n2C. The van der Waals surface area contributed by atoms with Gasteiger partial charge in [-0.3, -0.25) is 18.7 Å². The molecule has 5 rings (SSSR count). The van der Waals surface area contributed by atoms with E-state index in [-0.39, 0.29) is 29.2 Å². The predicted molar refractivity (Wildman–Crippen MR) is 130 cm³/mol. The molecule has 10 nitrogen and oxygen atoms in total. The largest absolute Gasteiger partial charge is 0.464 e. The van der Waals surface area contributed by atoms with Crippen molar-refractivity contribution >= 4 is 45.5 Å². The van der Waals surface area contributed by atoms with Crippen LogP contribution in [0.2, 0.25) is 5.02 Å². The molecule has 0 atom stereocenters. The predicted octanol–water partition coefficient (Wildman–Crippen LogP) is 2.85. The fraction of sp³-hybridized carbons (Fsp3) is 0.125. The summed E-state index contributed by atoms with van der Waals surface area (Å²) < 4.78 is 4.43. The van der Waals surface area contributed by atoms with Crippen LogP contribution in [0, 0.1) is 0 Å². The zero-order chi connectivity index (χ0) is 25.0. The Morgan fingerprint density at radius 1 is 1.00 bits per heavy atom. The van der Waals surface area contributed by atoms with E-state index in [1.165, 1.54) is 29.3 Å². The van der Waals surface area contributed by atoms with Crippen LogP contribution in [0.1, 0.15) is 21.9 Å². The second-order valence-electron chi connectivity index (χ2n) is 8.02. The third-order valence-corrected chi connectivity index (χ3v) is 6.31. The minimum atomic E-state index is -1.28. The van der Waals surface area contributed by atoms with Crippen molar-refractivity contribution in [3.8, 4) is 0 Å². The van der Waals surface area contributed by atoms with Gasteiger partial charge < -0.3 is 9.67 Å². The number of hydrogen-bond acceptors (Lipinski definition) is 5. The van der Waals surface area contributed by atoms with Crippen LogP contribution >= 0.6 is 11.6 Å². The van der Waals surface area contributed by atoms with Gasteiger partial charge in [0.25, 0.3) is 5.56 Å². The molecule has 2 aromatic carbocycles. The first-order valence-corrected chi connectivity index (χ1v) is 10.9. The number of nitrogens with zero attached hydrogens (tertiary/aromatic N) is 5. The number of hydrogen-bond donors (Lipinski definition) is 1. The molecule has 0 bridgehead atoms. The minimum absolute atomic E-state index is 0.00230. The van der Waals surface area contributed by atoms with Gasteiger partial charge >= 0.3 is 11.8 Å². The van der Waals surface area contributed by atoms with Crippen LogP contribution in [0.15, 0.2) is 64.2 Å². The highest BCUT2D eigenvalue weighted by Crippen LogP contribution is 2.27. The lowest BCUT2D eigenvalue weighted by molar-refractivity contribution is 0.102. The lowest BCUT2D eigenvalue weighted by Crippen LogP contribution is -2.40. The van der Waals surface area contributed by atoms with Crippen LogP contribution in [0.25, 0.3) is 22.1 Å². The molecule has 3 heterocycles. The molecule has 0 saturated heterocycles. The van der Waals surface area contributed by atoms with Gasteiger partial charge in [-0.05, 0) is 18.2 Å². The number of ketones is 1. The molecule has 0 radical (unpaired) electrons. The Morgan fingerprint density at radius 2 is 1.71 bits per heavy atom. The fourth-order valence-corrected chi connectivity index (χ4v) is 4.48. The van der Waals surface area contributed by atoms with Gasteiger partial charge in [0, 0.05) is 30.1 Å². The number of imidazole rings is 1. The standard InChI is InChI=1S/C24H18ClN5O5/c1-27-18-20(26-21(27)19(31)13-7-4-3-5-8-13)28(2)23(33)29(22(18)32)12-14-11-15-16(25)9-6-10-17(15)30(14)24(34)35/h3-11H,12H2,1-2H3,(H,34,35). The molecule has 3 aromatic heterocycles. The Bertz CT molecular complexity index is 1790. The van der Waals surface area contributed by atoms with Gasteiger partial charge in [0.2, 0.25) is 5.78 Å². The third kappa shape index (κ3) is 3.38. The van der Waals surface area contributed by atoms with Crippen molar-refractivity contribution in [1.82, 2.24) is 23.3 Å². The summed E-state index contributed by atoms with van der Waals surface area (Å²) in [6.07, 6.45) is -1.28. The highest BCUT2D eigenvalue weighted by atomic mass is 35.5. The molecule has 0 fully saturated rings.